The lowest BCUT2D eigenvalue weighted by molar-refractivity contribution is -0.786. The molecular formula is C24H36N5O5+. The number of hydroxylamine groups is 2. The van der Waals surface area contributed by atoms with Crippen molar-refractivity contribution in [2.24, 2.45) is 11.8 Å². The highest BCUT2D eigenvalue weighted by atomic mass is 16.5. The Hall–Kier alpha value is -2.85. The Morgan fingerprint density at radius 2 is 2.03 bits per heavy atom. The number of pyridine rings is 1. The van der Waals surface area contributed by atoms with Crippen LogP contribution in [0.1, 0.15) is 57.4 Å². The second-order valence-electron chi connectivity index (χ2n) is 9.53. The fourth-order valence-corrected chi connectivity index (χ4v) is 5.41. The maximum atomic E-state index is 13.9. The highest BCUT2D eigenvalue weighted by molar-refractivity contribution is 5.95. The average Bonchev–Trinajstić information content (AvgIpc) is 3.48. The first kappa shape index (κ1) is 25.8. The molecule has 3 N–H and O–H groups in total. The molecule has 1 saturated heterocycles. The quantitative estimate of drug-likeness (QED) is 0.218. The molecule has 2 aliphatic rings. The average molecular weight is 475 g/mol. The topological polar surface area (TPSA) is 129 Å². The smallest absolute Gasteiger partial charge is 0.337 e. The molecule has 0 spiro atoms. The molecule has 10 nitrogen and oxygen atoms in total. The van der Waals surface area contributed by atoms with Crippen molar-refractivity contribution >= 4 is 24.4 Å². The molecule has 0 bridgehead atoms. The Morgan fingerprint density at radius 1 is 1.26 bits per heavy atom. The molecule has 0 aromatic carbocycles. The van der Waals surface area contributed by atoms with Crippen LogP contribution in [0, 0.1) is 11.8 Å². The van der Waals surface area contributed by atoms with Crippen molar-refractivity contribution in [3.05, 3.63) is 30.1 Å². The van der Waals surface area contributed by atoms with Crippen molar-refractivity contribution in [2.45, 2.75) is 64.3 Å². The number of imide groups is 2. The molecule has 3 atom stereocenters. The van der Waals surface area contributed by atoms with Gasteiger partial charge in [0.25, 0.3) is 0 Å². The summed E-state index contributed by atoms with van der Waals surface area (Å²) >= 11 is 0. The SMILES string of the molecule is C[C@@H]1CCC[N+]1(C(=O)NC(=O)NCCc1cccnc1)C(=O)[C@H](CC1CCCC1)CN(O)C=O. The minimum atomic E-state index is -0.682. The Labute approximate surface area is 200 Å². The third-order valence-electron chi connectivity index (χ3n) is 7.25. The number of nitrogens with zero attached hydrogens (tertiary/aromatic N) is 3. The number of hydrogen-bond donors (Lipinski definition) is 3. The third-order valence-corrected chi connectivity index (χ3v) is 7.25. The number of nitrogens with one attached hydrogen (secondary N) is 2. The van der Waals surface area contributed by atoms with Gasteiger partial charge < -0.3 is 5.32 Å². The number of carbonyl (C=O) groups excluding carboxylic acids is 4. The van der Waals surface area contributed by atoms with E-state index in [9.17, 15) is 24.4 Å². The van der Waals surface area contributed by atoms with Gasteiger partial charge in [-0.05, 0) is 37.3 Å². The van der Waals surface area contributed by atoms with E-state index in [2.05, 4.69) is 15.6 Å². The van der Waals surface area contributed by atoms with Crippen LogP contribution < -0.4 is 10.6 Å². The van der Waals surface area contributed by atoms with Gasteiger partial charge in [0.1, 0.15) is 6.04 Å². The van der Waals surface area contributed by atoms with E-state index in [0.29, 0.717) is 49.8 Å². The van der Waals surface area contributed by atoms with Gasteiger partial charge in [-0.2, -0.15) is 4.48 Å². The fraction of sp³-hybridized carbons (Fsp3) is 0.625. The largest absolute Gasteiger partial charge is 0.432 e. The van der Waals surface area contributed by atoms with E-state index < -0.39 is 22.5 Å². The van der Waals surface area contributed by atoms with Crippen LogP contribution >= 0.6 is 0 Å². The fourth-order valence-electron chi connectivity index (χ4n) is 5.41. The van der Waals surface area contributed by atoms with E-state index in [1.807, 2.05) is 19.1 Å². The maximum absolute atomic E-state index is 13.9. The minimum Gasteiger partial charge on any atom is -0.337 e. The second-order valence-corrected chi connectivity index (χ2v) is 9.53. The first-order valence-corrected chi connectivity index (χ1v) is 12.2. The van der Waals surface area contributed by atoms with Crippen LogP contribution in [0.2, 0.25) is 0 Å². The number of carbonyl (C=O) groups is 4. The summed E-state index contributed by atoms with van der Waals surface area (Å²) in [5.41, 5.74) is 0.958. The van der Waals surface area contributed by atoms with Gasteiger partial charge in [0.15, 0.2) is 0 Å². The molecule has 2 fully saturated rings. The maximum Gasteiger partial charge on any atom is 0.432 e. The van der Waals surface area contributed by atoms with E-state index >= 15 is 0 Å². The Bertz CT molecular complexity index is 861. The van der Waals surface area contributed by atoms with Crippen LogP contribution in [0.25, 0.3) is 0 Å². The van der Waals surface area contributed by atoms with Crippen molar-refractivity contribution in [3.8, 4) is 0 Å². The van der Waals surface area contributed by atoms with Crippen LogP contribution in [-0.2, 0) is 16.0 Å². The number of likely N-dealkylation sites (tertiary alicyclic amines) is 1. The first-order valence-electron chi connectivity index (χ1n) is 12.2. The highest BCUT2D eigenvalue weighted by Crippen LogP contribution is 2.35. The number of rotatable bonds is 9. The zero-order valence-electron chi connectivity index (χ0n) is 19.8. The summed E-state index contributed by atoms with van der Waals surface area (Å²) in [6.07, 6.45) is 10.3. The zero-order valence-corrected chi connectivity index (χ0v) is 19.8. The number of hydrogen-bond acceptors (Lipinski definition) is 6. The van der Waals surface area contributed by atoms with Gasteiger partial charge >= 0.3 is 18.0 Å². The molecule has 2 heterocycles. The summed E-state index contributed by atoms with van der Waals surface area (Å²) in [7, 11) is 0. The number of amides is 6. The van der Waals surface area contributed by atoms with Crippen molar-refractivity contribution < 1.29 is 28.9 Å². The van der Waals surface area contributed by atoms with Gasteiger partial charge in [-0.1, -0.05) is 31.7 Å². The lowest BCUT2D eigenvalue weighted by atomic mass is 9.91. The van der Waals surface area contributed by atoms with Gasteiger partial charge in [0.05, 0.1) is 19.0 Å². The molecule has 0 radical (unpaired) electrons. The molecule has 1 aliphatic carbocycles. The standard InChI is InChI=1S/C24H35N5O5/c1-18-6-5-13-29(18,22(31)21(16-28(34)17-30)14-19-7-2-3-8-19)24(33)27-23(32)26-12-10-20-9-4-11-25-15-20/h4,9,11,15,17-19,21,34H,2-3,5-8,10,12-14,16H2,1H3,(H-,26,27,32,33)/p+1/t18-,21-,29?/m1/s1. The van der Waals surface area contributed by atoms with Crippen LogP contribution in [-0.4, -0.2) is 69.8 Å². The molecule has 186 valence electrons. The van der Waals surface area contributed by atoms with E-state index in [1.54, 1.807) is 12.4 Å². The predicted octanol–water partition coefficient (Wildman–Crippen LogP) is 2.61. The summed E-state index contributed by atoms with van der Waals surface area (Å²) in [5, 5.41) is 15.4. The molecule has 1 unspecified atom stereocenters. The van der Waals surface area contributed by atoms with E-state index in [-0.39, 0.29) is 24.9 Å². The van der Waals surface area contributed by atoms with Crippen molar-refractivity contribution in [1.29, 1.82) is 0 Å². The van der Waals surface area contributed by atoms with E-state index in [0.717, 1.165) is 31.2 Å². The Morgan fingerprint density at radius 3 is 2.65 bits per heavy atom. The minimum absolute atomic E-state index is 0.157. The van der Waals surface area contributed by atoms with Crippen LogP contribution in [0.5, 0.6) is 0 Å². The van der Waals surface area contributed by atoms with Crippen LogP contribution in [0.15, 0.2) is 24.5 Å². The lowest BCUT2D eigenvalue weighted by Gasteiger charge is -2.36. The summed E-state index contributed by atoms with van der Waals surface area (Å²) in [6.45, 7) is 2.30. The number of urea groups is 2. The molecular weight excluding hydrogens is 438 g/mol. The van der Waals surface area contributed by atoms with Gasteiger partial charge in [0.2, 0.25) is 6.41 Å². The molecule has 1 aliphatic heterocycles. The van der Waals surface area contributed by atoms with Gasteiger partial charge in [-0.15, -0.1) is 0 Å². The molecule has 1 aromatic rings. The molecule has 1 aromatic heterocycles. The molecule has 10 heteroatoms. The van der Waals surface area contributed by atoms with Gasteiger partial charge in [0, 0.05) is 31.8 Å². The highest BCUT2D eigenvalue weighted by Gasteiger charge is 2.55. The third kappa shape index (κ3) is 6.18. The first-order chi connectivity index (χ1) is 16.4. The van der Waals surface area contributed by atoms with Gasteiger partial charge in [-0.3, -0.25) is 15.0 Å². The molecule has 3 rings (SSSR count). The predicted molar refractivity (Wildman–Crippen MR) is 123 cm³/mol. The van der Waals surface area contributed by atoms with Crippen LogP contribution in [0.3, 0.4) is 0 Å². The summed E-state index contributed by atoms with van der Waals surface area (Å²) in [5.74, 6) is -0.692. The summed E-state index contributed by atoms with van der Waals surface area (Å²) in [4.78, 5) is 54.8. The van der Waals surface area contributed by atoms with Crippen LogP contribution in [0.4, 0.5) is 9.59 Å². The number of aromatic nitrogens is 1. The van der Waals surface area contributed by atoms with E-state index in [4.69, 9.17) is 0 Å². The summed E-state index contributed by atoms with van der Waals surface area (Å²) in [6, 6.07) is 2.11. The summed E-state index contributed by atoms with van der Waals surface area (Å²) < 4.78 is -0.486. The second kappa shape index (κ2) is 12.0. The molecule has 6 amide bonds. The zero-order chi connectivity index (χ0) is 24.6. The van der Waals surface area contributed by atoms with Crippen molar-refractivity contribution in [3.63, 3.8) is 0 Å². The monoisotopic (exact) mass is 474 g/mol. The van der Waals surface area contributed by atoms with E-state index in [1.165, 1.54) is 0 Å². The Balaban J connectivity index is 1.69. The Kier molecular flexibility index (Phi) is 9.12. The molecule has 34 heavy (non-hydrogen) atoms. The van der Waals surface area contributed by atoms with Gasteiger partial charge in [-0.25, -0.2) is 24.8 Å². The molecule has 1 saturated carbocycles. The normalized spacial score (nSPS) is 23.3. The van der Waals surface area contributed by atoms with Crippen molar-refractivity contribution in [2.75, 3.05) is 19.6 Å². The number of quaternary nitrogens is 1. The van der Waals surface area contributed by atoms with Crippen molar-refractivity contribution in [1.82, 2.24) is 20.7 Å². The lowest BCUT2D eigenvalue weighted by Crippen LogP contribution is -2.66.